The Morgan fingerprint density at radius 2 is 1.88 bits per heavy atom. The van der Waals surface area contributed by atoms with Gasteiger partial charge in [0.2, 0.25) is 5.91 Å². The summed E-state index contributed by atoms with van der Waals surface area (Å²) in [6, 6.07) is 0.354. The van der Waals surface area contributed by atoms with E-state index in [1.807, 2.05) is 0 Å². The Bertz CT molecular complexity index is 273. The molecule has 3 nitrogen and oxygen atoms in total. The fraction of sp³-hybridized carbons (Fsp3) is 0.929. The van der Waals surface area contributed by atoms with E-state index in [1.54, 1.807) is 0 Å². The predicted octanol–water partition coefficient (Wildman–Crippen LogP) is 2.05. The van der Waals surface area contributed by atoms with E-state index in [2.05, 4.69) is 19.2 Å². The molecule has 3 N–H and O–H groups in total. The van der Waals surface area contributed by atoms with Crippen molar-refractivity contribution in [2.75, 3.05) is 0 Å². The second-order valence-electron chi connectivity index (χ2n) is 6.25. The minimum atomic E-state index is -0.200. The van der Waals surface area contributed by atoms with Crippen LogP contribution in [0.25, 0.3) is 0 Å². The van der Waals surface area contributed by atoms with Crippen LogP contribution in [0.1, 0.15) is 52.4 Å². The summed E-state index contributed by atoms with van der Waals surface area (Å²) in [5.74, 6) is 1.98. The Hall–Kier alpha value is -0.570. The highest BCUT2D eigenvalue weighted by Crippen LogP contribution is 2.43. The van der Waals surface area contributed by atoms with Crippen molar-refractivity contribution in [3.05, 3.63) is 0 Å². The summed E-state index contributed by atoms with van der Waals surface area (Å²) in [5, 5.41) is 3.49. The van der Waals surface area contributed by atoms with Crippen molar-refractivity contribution in [1.82, 2.24) is 5.32 Å². The molecule has 0 aromatic carbocycles. The molecule has 0 aromatic rings. The second kappa shape index (κ2) is 5.38. The zero-order valence-electron chi connectivity index (χ0n) is 11.1. The molecule has 3 atom stereocenters. The van der Waals surface area contributed by atoms with Gasteiger partial charge in [0, 0.05) is 6.04 Å². The van der Waals surface area contributed by atoms with Gasteiger partial charge in [-0.15, -0.1) is 0 Å². The number of carbonyl (C=O) groups excluding carboxylic acids is 1. The van der Waals surface area contributed by atoms with E-state index >= 15 is 0 Å². The summed E-state index contributed by atoms with van der Waals surface area (Å²) in [7, 11) is 0. The van der Waals surface area contributed by atoms with Gasteiger partial charge in [0.25, 0.3) is 0 Å². The van der Waals surface area contributed by atoms with Crippen molar-refractivity contribution in [2.45, 2.75) is 64.5 Å². The molecule has 0 heterocycles. The molecular weight excluding hydrogens is 212 g/mol. The molecule has 98 valence electrons. The molecule has 3 unspecified atom stereocenters. The molecule has 0 aliphatic heterocycles. The van der Waals surface area contributed by atoms with Gasteiger partial charge in [0.05, 0.1) is 6.04 Å². The van der Waals surface area contributed by atoms with Crippen LogP contribution in [-0.4, -0.2) is 18.0 Å². The smallest absolute Gasteiger partial charge is 0.234 e. The molecule has 0 aromatic heterocycles. The molecule has 17 heavy (non-hydrogen) atoms. The third-order valence-corrected chi connectivity index (χ3v) is 4.39. The van der Waals surface area contributed by atoms with Gasteiger partial charge in [0.15, 0.2) is 0 Å². The number of primary amides is 1. The van der Waals surface area contributed by atoms with Gasteiger partial charge in [-0.1, -0.05) is 26.7 Å². The first kappa shape index (κ1) is 12.9. The van der Waals surface area contributed by atoms with Crippen molar-refractivity contribution < 1.29 is 4.79 Å². The number of carbonyl (C=O) groups is 1. The van der Waals surface area contributed by atoms with Gasteiger partial charge in [-0.25, -0.2) is 0 Å². The average Bonchev–Trinajstić information content (AvgIpc) is 3.09. The molecular formula is C14H26N2O. The van der Waals surface area contributed by atoms with Gasteiger partial charge in [-0.3, -0.25) is 4.79 Å². The number of hydrogen-bond acceptors (Lipinski definition) is 2. The van der Waals surface area contributed by atoms with Crippen LogP contribution in [0.15, 0.2) is 0 Å². The molecule has 2 fully saturated rings. The summed E-state index contributed by atoms with van der Waals surface area (Å²) in [6.07, 6.45) is 8.02. The highest BCUT2D eigenvalue weighted by Gasteiger charge is 2.35. The van der Waals surface area contributed by atoms with E-state index in [9.17, 15) is 4.79 Å². The maximum absolute atomic E-state index is 11.4. The molecule has 3 heteroatoms. The van der Waals surface area contributed by atoms with E-state index in [0.717, 1.165) is 11.8 Å². The Morgan fingerprint density at radius 3 is 2.41 bits per heavy atom. The van der Waals surface area contributed by atoms with E-state index < -0.39 is 0 Å². The topological polar surface area (TPSA) is 55.1 Å². The zero-order valence-corrected chi connectivity index (χ0v) is 11.1. The van der Waals surface area contributed by atoms with E-state index in [1.165, 1.54) is 38.5 Å². The third kappa shape index (κ3) is 3.44. The van der Waals surface area contributed by atoms with Crippen molar-refractivity contribution >= 4 is 5.91 Å². The molecule has 0 saturated heterocycles. The largest absolute Gasteiger partial charge is 0.368 e. The normalized spacial score (nSPS) is 31.5. The average molecular weight is 238 g/mol. The number of nitrogens with two attached hydrogens (primary N) is 1. The standard InChI is InChI=1S/C14H26N2O/c1-9(2)13(14(15)17)16-12-5-3-4-11(8-12)10-6-7-10/h9-13,16H,3-8H2,1-2H3,(H2,15,17). The summed E-state index contributed by atoms with van der Waals surface area (Å²) in [6.45, 7) is 4.12. The fourth-order valence-corrected chi connectivity index (χ4v) is 3.23. The van der Waals surface area contributed by atoms with Gasteiger partial charge in [-0.05, 0) is 43.4 Å². The SMILES string of the molecule is CC(C)C(NC1CCCC(C2CC2)C1)C(N)=O. The Balaban J connectivity index is 1.86. The second-order valence-corrected chi connectivity index (χ2v) is 6.25. The molecule has 0 bridgehead atoms. The van der Waals surface area contributed by atoms with Crippen LogP contribution in [0.4, 0.5) is 0 Å². The van der Waals surface area contributed by atoms with Crippen LogP contribution in [0, 0.1) is 17.8 Å². The number of nitrogens with one attached hydrogen (secondary N) is 1. The minimum absolute atomic E-state index is 0.155. The number of amides is 1. The van der Waals surface area contributed by atoms with Crippen molar-refractivity contribution in [2.24, 2.45) is 23.5 Å². The first-order valence-corrected chi connectivity index (χ1v) is 7.13. The Kier molecular flexibility index (Phi) is 4.08. The van der Waals surface area contributed by atoms with E-state index in [-0.39, 0.29) is 17.9 Å². The molecule has 0 spiro atoms. The summed E-state index contributed by atoms with van der Waals surface area (Å²) in [4.78, 5) is 11.4. The molecule has 1 amide bonds. The fourth-order valence-electron chi connectivity index (χ4n) is 3.23. The first-order valence-electron chi connectivity index (χ1n) is 7.13. The maximum Gasteiger partial charge on any atom is 0.234 e. The molecule has 2 rings (SSSR count). The molecule has 2 saturated carbocycles. The van der Waals surface area contributed by atoms with Gasteiger partial charge < -0.3 is 11.1 Å². The third-order valence-electron chi connectivity index (χ3n) is 4.39. The highest BCUT2D eigenvalue weighted by molar-refractivity contribution is 5.80. The van der Waals surface area contributed by atoms with Crippen LogP contribution in [0.2, 0.25) is 0 Å². The van der Waals surface area contributed by atoms with Crippen molar-refractivity contribution in [3.8, 4) is 0 Å². The number of hydrogen-bond donors (Lipinski definition) is 2. The maximum atomic E-state index is 11.4. The lowest BCUT2D eigenvalue weighted by Crippen LogP contribution is -2.50. The van der Waals surface area contributed by atoms with Gasteiger partial charge in [-0.2, -0.15) is 0 Å². The lowest BCUT2D eigenvalue weighted by atomic mass is 9.82. The lowest BCUT2D eigenvalue weighted by Gasteiger charge is -2.33. The summed E-state index contributed by atoms with van der Waals surface area (Å²) in [5.41, 5.74) is 5.46. The number of rotatable bonds is 5. The quantitative estimate of drug-likeness (QED) is 0.770. The van der Waals surface area contributed by atoms with E-state index in [0.29, 0.717) is 6.04 Å². The first-order chi connectivity index (χ1) is 8.08. The van der Waals surface area contributed by atoms with Crippen LogP contribution >= 0.6 is 0 Å². The van der Waals surface area contributed by atoms with Crippen LogP contribution < -0.4 is 11.1 Å². The van der Waals surface area contributed by atoms with Crippen molar-refractivity contribution in [1.29, 1.82) is 0 Å². The monoisotopic (exact) mass is 238 g/mol. The van der Waals surface area contributed by atoms with Gasteiger partial charge >= 0.3 is 0 Å². The predicted molar refractivity (Wildman–Crippen MR) is 69.4 cm³/mol. The molecule has 2 aliphatic carbocycles. The molecule has 2 aliphatic rings. The minimum Gasteiger partial charge on any atom is -0.368 e. The van der Waals surface area contributed by atoms with Crippen LogP contribution in [0.3, 0.4) is 0 Å². The highest BCUT2D eigenvalue weighted by atomic mass is 16.1. The van der Waals surface area contributed by atoms with Crippen LogP contribution in [-0.2, 0) is 4.79 Å². The zero-order chi connectivity index (χ0) is 12.4. The van der Waals surface area contributed by atoms with E-state index in [4.69, 9.17) is 5.73 Å². The summed E-state index contributed by atoms with van der Waals surface area (Å²) >= 11 is 0. The molecule has 0 radical (unpaired) electrons. The lowest BCUT2D eigenvalue weighted by molar-refractivity contribution is -0.121. The Morgan fingerprint density at radius 1 is 1.18 bits per heavy atom. The van der Waals surface area contributed by atoms with Crippen LogP contribution in [0.5, 0.6) is 0 Å². The summed E-state index contributed by atoms with van der Waals surface area (Å²) < 4.78 is 0. The Labute approximate surface area is 105 Å². The van der Waals surface area contributed by atoms with Crippen molar-refractivity contribution in [3.63, 3.8) is 0 Å². The van der Waals surface area contributed by atoms with Gasteiger partial charge in [0.1, 0.15) is 0 Å².